The number of rotatable bonds is 7. The number of halogens is 1. The predicted octanol–water partition coefficient (Wildman–Crippen LogP) is 1.95. The van der Waals surface area contributed by atoms with E-state index in [2.05, 4.69) is 27.8 Å². The molecule has 1 fully saturated rings. The fourth-order valence-corrected chi connectivity index (χ4v) is 3.40. The molecule has 2 aromatic rings. The number of carbonyl (C=O) groups is 2. The topological polar surface area (TPSA) is 90.1 Å². The van der Waals surface area contributed by atoms with E-state index in [0.717, 1.165) is 49.9 Å². The first-order chi connectivity index (χ1) is 12.7. The number of H-pyrrole nitrogens is 1. The molecule has 0 atom stereocenters. The molecule has 1 saturated heterocycles. The molecular weight excluding hydrogens is 366 g/mol. The fraction of sp³-hybridized carbons (Fsp3) is 0.526. The molecule has 3 N–H and O–H groups in total. The Morgan fingerprint density at radius 1 is 1.26 bits per heavy atom. The summed E-state index contributed by atoms with van der Waals surface area (Å²) in [5.41, 5.74) is 1.20. The van der Waals surface area contributed by atoms with Gasteiger partial charge in [-0.2, -0.15) is 5.10 Å². The molecule has 0 bridgehead atoms. The Labute approximate surface area is 165 Å². The lowest BCUT2D eigenvalue weighted by atomic mass is 9.96. The van der Waals surface area contributed by atoms with Gasteiger partial charge in [0.25, 0.3) is 5.91 Å². The van der Waals surface area contributed by atoms with Crippen molar-refractivity contribution in [2.45, 2.75) is 26.2 Å². The van der Waals surface area contributed by atoms with Crippen molar-refractivity contribution in [2.24, 2.45) is 5.92 Å². The van der Waals surface area contributed by atoms with Gasteiger partial charge in [0.05, 0.1) is 5.52 Å². The minimum absolute atomic E-state index is 0. The number of carbonyl (C=O) groups excluding carboxylic acids is 2. The summed E-state index contributed by atoms with van der Waals surface area (Å²) in [5.74, 6) is 0.519. The molecule has 0 aliphatic carbocycles. The van der Waals surface area contributed by atoms with E-state index in [1.807, 2.05) is 29.2 Å². The first kappa shape index (κ1) is 21.2. The summed E-state index contributed by atoms with van der Waals surface area (Å²) < 4.78 is 0. The van der Waals surface area contributed by atoms with Gasteiger partial charge in [-0.1, -0.05) is 25.1 Å². The van der Waals surface area contributed by atoms with E-state index in [4.69, 9.17) is 0 Å². The maximum absolute atomic E-state index is 12.3. The third-order valence-electron chi connectivity index (χ3n) is 4.96. The second-order valence-electron chi connectivity index (χ2n) is 6.76. The van der Waals surface area contributed by atoms with Gasteiger partial charge in [0, 0.05) is 31.4 Å². The molecule has 1 aliphatic rings. The first-order valence-electron chi connectivity index (χ1n) is 9.38. The van der Waals surface area contributed by atoms with Crippen LogP contribution in [0.5, 0.6) is 0 Å². The van der Waals surface area contributed by atoms with Crippen molar-refractivity contribution in [3.05, 3.63) is 30.0 Å². The summed E-state index contributed by atoms with van der Waals surface area (Å²) >= 11 is 0. The summed E-state index contributed by atoms with van der Waals surface area (Å²) in [4.78, 5) is 26.5. The molecule has 2 heterocycles. The molecular formula is C19H28ClN5O2. The molecule has 7 nitrogen and oxygen atoms in total. The average Bonchev–Trinajstić information content (AvgIpc) is 3.11. The predicted molar refractivity (Wildman–Crippen MR) is 108 cm³/mol. The van der Waals surface area contributed by atoms with Crippen LogP contribution in [0.1, 0.15) is 36.7 Å². The van der Waals surface area contributed by atoms with Gasteiger partial charge in [0.2, 0.25) is 5.91 Å². The van der Waals surface area contributed by atoms with Crippen LogP contribution in [0.25, 0.3) is 10.9 Å². The van der Waals surface area contributed by atoms with Crippen molar-refractivity contribution in [2.75, 3.05) is 32.7 Å². The van der Waals surface area contributed by atoms with Crippen LogP contribution >= 0.6 is 12.4 Å². The number of nitrogens with one attached hydrogen (secondary N) is 3. The number of aromatic amines is 1. The minimum Gasteiger partial charge on any atom is -0.350 e. The van der Waals surface area contributed by atoms with E-state index in [-0.39, 0.29) is 24.2 Å². The number of para-hydroxylation sites is 1. The number of amides is 2. The lowest BCUT2D eigenvalue weighted by molar-refractivity contribution is -0.132. The number of likely N-dealkylation sites (tertiary alicyclic amines) is 1. The van der Waals surface area contributed by atoms with Gasteiger partial charge in [0.15, 0.2) is 5.69 Å². The van der Waals surface area contributed by atoms with Crippen LogP contribution in [-0.4, -0.2) is 59.6 Å². The maximum atomic E-state index is 12.3. The number of benzene rings is 1. The van der Waals surface area contributed by atoms with Crippen LogP contribution < -0.4 is 10.6 Å². The largest absolute Gasteiger partial charge is 0.350 e. The molecule has 1 aromatic carbocycles. The summed E-state index contributed by atoms with van der Waals surface area (Å²) in [7, 11) is 0. The van der Waals surface area contributed by atoms with E-state index in [0.29, 0.717) is 24.6 Å². The Balaban J connectivity index is 0.00000261. The second-order valence-corrected chi connectivity index (χ2v) is 6.76. The van der Waals surface area contributed by atoms with Crippen LogP contribution in [0.15, 0.2) is 24.3 Å². The lowest BCUT2D eigenvalue weighted by Crippen LogP contribution is -2.41. The number of aromatic nitrogens is 2. The van der Waals surface area contributed by atoms with Crippen molar-refractivity contribution in [3.8, 4) is 0 Å². The second kappa shape index (κ2) is 10.3. The SMILES string of the molecule is CCNCC1CCN(C(=O)CCNC(=O)c2n[nH]c3ccccc23)CC1.Cl. The molecule has 0 unspecified atom stereocenters. The number of fused-ring (bicyclic) bond motifs is 1. The van der Waals surface area contributed by atoms with Crippen molar-refractivity contribution in [3.63, 3.8) is 0 Å². The van der Waals surface area contributed by atoms with E-state index in [1.54, 1.807) is 0 Å². The summed E-state index contributed by atoms with van der Waals surface area (Å²) in [6, 6.07) is 7.50. The van der Waals surface area contributed by atoms with Gasteiger partial charge in [-0.05, 0) is 37.9 Å². The lowest BCUT2D eigenvalue weighted by Gasteiger charge is -2.32. The van der Waals surface area contributed by atoms with Crippen molar-refractivity contribution >= 4 is 35.1 Å². The van der Waals surface area contributed by atoms with E-state index >= 15 is 0 Å². The highest BCUT2D eigenvalue weighted by Crippen LogP contribution is 2.17. The molecule has 1 aromatic heterocycles. The number of piperidine rings is 1. The third-order valence-corrected chi connectivity index (χ3v) is 4.96. The normalized spacial score (nSPS) is 14.8. The van der Waals surface area contributed by atoms with Crippen LogP contribution in [-0.2, 0) is 4.79 Å². The molecule has 3 rings (SSSR count). The van der Waals surface area contributed by atoms with Crippen molar-refractivity contribution in [1.82, 2.24) is 25.7 Å². The molecule has 1 aliphatic heterocycles. The van der Waals surface area contributed by atoms with Crippen LogP contribution in [0.4, 0.5) is 0 Å². The molecule has 8 heteroatoms. The highest BCUT2D eigenvalue weighted by atomic mass is 35.5. The molecule has 2 amide bonds. The standard InChI is InChI=1S/C19H27N5O2.ClH/c1-2-20-13-14-8-11-24(12-9-14)17(25)7-10-21-19(26)18-15-5-3-4-6-16(15)22-23-18;/h3-6,14,20H,2,7-13H2,1H3,(H,21,26)(H,22,23);1H. The smallest absolute Gasteiger partial charge is 0.272 e. The Morgan fingerprint density at radius 2 is 2.00 bits per heavy atom. The number of hydrogen-bond acceptors (Lipinski definition) is 4. The van der Waals surface area contributed by atoms with E-state index in [1.165, 1.54) is 0 Å². The molecule has 27 heavy (non-hydrogen) atoms. The zero-order valence-electron chi connectivity index (χ0n) is 15.7. The molecule has 0 spiro atoms. The van der Waals surface area contributed by atoms with Crippen molar-refractivity contribution in [1.29, 1.82) is 0 Å². The zero-order valence-corrected chi connectivity index (χ0v) is 16.5. The van der Waals surface area contributed by atoms with Crippen LogP contribution in [0.2, 0.25) is 0 Å². The van der Waals surface area contributed by atoms with Gasteiger partial charge >= 0.3 is 0 Å². The number of nitrogens with zero attached hydrogens (tertiary/aromatic N) is 2. The Morgan fingerprint density at radius 3 is 2.74 bits per heavy atom. The zero-order chi connectivity index (χ0) is 18.4. The monoisotopic (exact) mass is 393 g/mol. The average molecular weight is 394 g/mol. The van der Waals surface area contributed by atoms with Crippen LogP contribution in [0, 0.1) is 5.92 Å². The highest BCUT2D eigenvalue weighted by molar-refractivity contribution is 6.04. The quantitative estimate of drug-likeness (QED) is 0.670. The third kappa shape index (κ3) is 5.43. The van der Waals surface area contributed by atoms with Crippen LogP contribution in [0.3, 0.4) is 0 Å². The van der Waals surface area contributed by atoms with Gasteiger partial charge < -0.3 is 15.5 Å². The molecule has 0 radical (unpaired) electrons. The summed E-state index contributed by atoms with van der Waals surface area (Å²) in [6.07, 6.45) is 2.42. The maximum Gasteiger partial charge on any atom is 0.272 e. The van der Waals surface area contributed by atoms with E-state index in [9.17, 15) is 9.59 Å². The summed E-state index contributed by atoms with van der Waals surface area (Å²) in [6.45, 7) is 6.09. The fourth-order valence-electron chi connectivity index (χ4n) is 3.40. The van der Waals surface area contributed by atoms with E-state index < -0.39 is 0 Å². The number of hydrogen-bond donors (Lipinski definition) is 3. The van der Waals surface area contributed by atoms with Crippen molar-refractivity contribution < 1.29 is 9.59 Å². The molecule has 0 saturated carbocycles. The van der Waals surface area contributed by atoms with Gasteiger partial charge in [0.1, 0.15) is 0 Å². The van der Waals surface area contributed by atoms with Gasteiger partial charge in [-0.15, -0.1) is 12.4 Å². The molecule has 148 valence electrons. The highest BCUT2D eigenvalue weighted by Gasteiger charge is 2.22. The van der Waals surface area contributed by atoms with Gasteiger partial charge in [-0.25, -0.2) is 0 Å². The first-order valence-corrected chi connectivity index (χ1v) is 9.38. The Kier molecular flexibility index (Phi) is 8.06. The minimum atomic E-state index is -0.250. The Hall–Kier alpha value is -2.12. The van der Waals surface area contributed by atoms with Gasteiger partial charge in [-0.3, -0.25) is 14.7 Å². The summed E-state index contributed by atoms with van der Waals surface area (Å²) in [5, 5.41) is 13.9. The Bertz CT molecular complexity index is 755.